The largest absolute Gasteiger partial charge is 0.379 e. The summed E-state index contributed by atoms with van der Waals surface area (Å²) in [6.07, 6.45) is 1.65. The van der Waals surface area contributed by atoms with Gasteiger partial charge >= 0.3 is 0 Å². The van der Waals surface area contributed by atoms with Crippen molar-refractivity contribution in [1.29, 1.82) is 0 Å². The summed E-state index contributed by atoms with van der Waals surface area (Å²) in [4.78, 5) is 21.3. The first kappa shape index (κ1) is 17.1. The summed E-state index contributed by atoms with van der Waals surface area (Å²) in [5.41, 5.74) is 0.598. The highest BCUT2D eigenvalue weighted by Gasteiger charge is 2.17. The zero-order chi connectivity index (χ0) is 16.8. The molecule has 7 heteroatoms. The number of ether oxygens (including phenoxy) is 2. The van der Waals surface area contributed by atoms with Crippen LogP contribution >= 0.6 is 0 Å². The predicted octanol–water partition coefficient (Wildman–Crippen LogP) is 0.369. The van der Waals surface area contributed by atoms with E-state index in [4.69, 9.17) is 9.47 Å². The van der Waals surface area contributed by atoms with Gasteiger partial charge in [-0.1, -0.05) is 0 Å². The van der Waals surface area contributed by atoms with Gasteiger partial charge in [0.1, 0.15) is 5.82 Å². The van der Waals surface area contributed by atoms with Gasteiger partial charge in [-0.2, -0.15) is 0 Å². The maximum atomic E-state index is 12.4. The van der Waals surface area contributed by atoms with Crippen LogP contribution in [-0.4, -0.2) is 81.0 Å². The van der Waals surface area contributed by atoms with Crippen molar-refractivity contribution >= 4 is 11.7 Å². The Labute approximate surface area is 142 Å². The van der Waals surface area contributed by atoms with Gasteiger partial charge in [0.25, 0.3) is 5.91 Å². The van der Waals surface area contributed by atoms with E-state index in [2.05, 4.69) is 20.1 Å². The first-order valence-corrected chi connectivity index (χ1v) is 8.62. The van der Waals surface area contributed by atoms with Crippen LogP contribution < -0.4 is 10.2 Å². The van der Waals surface area contributed by atoms with Gasteiger partial charge in [-0.3, -0.25) is 9.69 Å². The van der Waals surface area contributed by atoms with E-state index in [9.17, 15) is 4.79 Å². The van der Waals surface area contributed by atoms with Crippen LogP contribution in [0.4, 0.5) is 5.82 Å². The van der Waals surface area contributed by atoms with E-state index in [-0.39, 0.29) is 11.9 Å². The molecule has 1 aromatic heterocycles. The molecule has 1 atom stereocenters. The number of nitrogens with zero attached hydrogens (tertiary/aromatic N) is 3. The molecule has 24 heavy (non-hydrogen) atoms. The molecule has 0 bridgehead atoms. The maximum Gasteiger partial charge on any atom is 0.253 e. The van der Waals surface area contributed by atoms with Crippen LogP contribution in [0.3, 0.4) is 0 Å². The van der Waals surface area contributed by atoms with Crippen molar-refractivity contribution in [2.24, 2.45) is 0 Å². The van der Waals surface area contributed by atoms with E-state index in [1.807, 2.05) is 19.1 Å². The first-order valence-electron chi connectivity index (χ1n) is 8.62. The monoisotopic (exact) mass is 334 g/mol. The molecule has 2 fully saturated rings. The number of amides is 1. The highest BCUT2D eigenvalue weighted by Crippen LogP contribution is 2.13. The molecule has 0 radical (unpaired) electrons. The SMILES string of the molecule is C[C@@H](CN1CCOCC1)NC(=O)c1ccc(N2CCOCC2)nc1. The van der Waals surface area contributed by atoms with Crippen molar-refractivity contribution in [3.8, 4) is 0 Å². The Balaban J connectivity index is 1.50. The molecular weight excluding hydrogens is 308 g/mol. The number of carbonyl (C=O) groups is 1. The Hall–Kier alpha value is -1.70. The lowest BCUT2D eigenvalue weighted by Gasteiger charge is -2.29. The molecule has 1 aromatic rings. The van der Waals surface area contributed by atoms with Crippen LogP contribution in [0, 0.1) is 0 Å². The Bertz CT molecular complexity index is 525. The third kappa shape index (κ3) is 4.66. The van der Waals surface area contributed by atoms with Gasteiger partial charge in [-0.25, -0.2) is 4.98 Å². The van der Waals surface area contributed by atoms with E-state index in [1.165, 1.54) is 0 Å². The number of carbonyl (C=O) groups excluding carboxylic acids is 1. The topological polar surface area (TPSA) is 66.9 Å². The highest BCUT2D eigenvalue weighted by molar-refractivity contribution is 5.94. The molecule has 7 nitrogen and oxygen atoms in total. The van der Waals surface area contributed by atoms with E-state index in [0.29, 0.717) is 5.56 Å². The fourth-order valence-corrected chi connectivity index (χ4v) is 3.02. The van der Waals surface area contributed by atoms with Gasteiger partial charge in [0, 0.05) is 45.0 Å². The second-order valence-electron chi connectivity index (χ2n) is 6.29. The van der Waals surface area contributed by atoms with Crippen LogP contribution in [0.1, 0.15) is 17.3 Å². The lowest BCUT2D eigenvalue weighted by Crippen LogP contribution is -2.46. The number of anilines is 1. The number of aromatic nitrogens is 1. The Kier molecular flexibility index (Phi) is 6.01. The predicted molar refractivity (Wildman–Crippen MR) is 91.5 cm³/mol. The van der Waals surface area contributed by atoms with Gasteiger partial charge in [0.05, 0.1) is 32.0 Å². The van der Waals surface area contributed by atoms with E-state index in [1.54, 1.807) is 6.20 Å². The highest BCUT2D eigenvalue weighted by atomic mass is 16.5. The number of nitrogens with one attached hydrogen (secondary N) is 1. The Morgan fingerprint density at radius 1 is 1.17 bits per heavy atom. The molecule has 1 amide bonds. The first-order chi connectivity index (χ1) is 11.7. The number of hydrogen-bond donors (Lipinski definition) is 1. The third-order valence-corrected chi connectivity index (χ3v) is 4.36. The normalized spacial score (nSPS) is 20.6. The number of pyridine rings is 1. The van der Waals surface area contributed by atoms with Crippen molar-refractivity contribution in [3.05, 3.63) is 23.9 Å². The maximum absolute atomic E-state index is 12.4. The molecule has 132 valence electrons. The van der Waals surface area contributed by atoms with Gasteiger partial charge in [-0.15, -0.1) is 0 Å². The molecule has 2 aliphatic rings. The summed E-state index contributed by atoms with van der Waals surface area (Å²) in [5.74, 6) is 0.827. The lowest BCUT2D eigenvalue weighted by molar-refractivity contribution is 0.0342. The van der Waals surface area contributed by atoms with Crippen molar-refractivity contribution in [2.45, 2.75) is 13.0 Å². The van der Waals surface area contributed by atoms with Gasteiger partial charge in [0.2, 0.25) is 0 Å². The number of morpholine rings is 2. The summed E-state index contributed by atoms with van der Waals surface area (Å²) in [7, 11) is 0. The molecule has 0 unspecified atom stereocenters. The number of hydrogen-bond acceptors (Lipinski definition) is 6. The molecule has 0 aromatic carbocycles. The zero-order valence-corrected chi connectivity index (χ0v) is 14.2. The minimum Gasteiger partial charge on any atom is -0.379 e. The van der Waals surface area contributed by atoms with Crippen molar-refractivity contribution < 1.29 is 14.3 Å². The van der Waals surface area contributed by atoms with Gasteiger partial charge < -0.3 is 19.7 Å². The molecule has 0 spiro atoms. The van der Waals surface area contributed by atoms with Gasteiger partial charge in [0.15, 0.2) is 0 Å². The summed E-state index contributed by atoms with van der Waals surface area (Å²) in [6.45, 7) is 9.40. The third-order valence-electron chi connectivity index (χ3n) is 4.36. The molecule has 2 saturated heterocycles. The zero-order valence-electron chi connectivity index (χ0n) is 14.2. The second kappa shape index (κ2) is 8.41. The van der Waals surface area contributed by atoms with Gasteiger partial charge in [-0.05, 0) is 19.1 Å². The smallest absolute Gasteiger partial charge is 0.253 e. The average molecular weight is 334 g/mol. The summed E-state index contributed by atoms with van der Waals surface area (Å²) < 4.78 is 10.7. The fraction of sp³-hybridized carbons (Fsp3) is 0.647. The Morgan fingerprint density at radius 3 is 2.46 bits per heavy atom. The summed E-state index contributed by atoms with van der Waals surface area (Å²) in [5, 5.41) is 3.05. The summed E-state index contributed by atoms with van der Waals surface area (Å²) in [6, 6.07) is 3.84. The quantitative estimate of drug-likeness (QED) is 0.839. The van der Waals surface area contributed by atoms with Crippen LogP contribution in [0.15, 0.2) is 18.3 Å². The lowest BCUT2D eigenvalue weighted by atomic mass is 10.2. The molecular formula is C17H26N4O3. The van der Waals surface area contributed by atoms with Crippen molar-refractivity contribution in [2.75, 3.05) is 64.1 Å². The molecule has 0 aliphatic carbocycles. The molecule has 3 rings (SSSR count). The minimum atomic E-state index is -0.0724. The van der Waals surface area contributed by atoms with E-state index < -0.39 is 0 Å². The van der Waals surface area contributed by atoms with Crippen molar-refractivity contribution in [3.63, 3.8) is 0 Å². The van der Waals surface area contributed by atoms with Crippen LogP contribution in [0.5, 0.6) is 0 Å². The molecule has 0 saturated carbocycles. The molecule has 2 aliphatic heterocycles. The average Bonchev–Trinajstić information content (AvgIpc) is 2.63. The second-order valence-corrected chi connectivity index (χ2v) is 6.29. The molecule has 3 heterocycles. The molecule has 1 N–H and O–H groups in total. The van der Waals surface area contributed by atoms with Crippen LogP contribution in [0.2, 0.25) is 0 Å². The number of rotatable bonds is 5. The minimum absolute atomic E-state index is 0.0724. The van der Waals surface area contributed by atoms with Crippen LogP contribution in [0.25, 0.3) is 0 Å². The van der Waals surface area contributed by atoms with Crippen LogP contribution in [-0.2, 0) is 9.47 Å². The standard InChI is InChI=1S/C17H26N4O3/c1-14(13-20-4-8-23-9-5-20)19-17(22)15-2-3-16(18-12-15)21-6-10-24-11-7-21/h2-3,12,14H,4-11,13H2,1H3,(H,19,22)/t14-/m0/s1. The van der Waals surface area contributed by atoms with Crippen molar-refractivity contribution in [1.82, 2.24) is 15.2 Å². The van der Waals surface area contributed by atoms with E-state index in [0.717, 1.165) is 65.0 Å². The van der Waals surface area contributed by atoms with E-state index >= 15 is 0 Å². The summed E-state index contributed by atoms with van der Waals surface area (Å²) >= 11 is 0. The fourth-order valence-electron chi connectivity index (χ4n) is 3.02. The Morgan fingerprint density at radius 2 is 1.83 bits per heavy atom.